The summed E-state index contributed by atoms with van der Waals surface area (Å²) in [4.78, 5) is 14.8. The first-order valence-electron chi connectivity index (χ1n) is 11.2. The minimum Gasteiger partial charge on any atom is -0.435 e. The van der Waals surface area contributed by atoms with E-state index in [1.54, 1.807) is 19.1 Å². The number of carbonyl (C=O) groups is 1. The summed E-state index contributed by atoms with van der Waals surface area (Å²) in [5, 5.41) is 4.58. The van der Waals surface area contributed by atoms with Crippen LogP contribution in [0.5, 0.6) is 11.6 Å². The third-order valence-corrected chi connectivity index (χ3v) is 5.53. The summed E-state index contributed by atoms with van der Waals surface area (Å²) < 4.78 is 54.0. The Balaban J connectivity index is 1.77. The van der Waals surface area contributed by atoms with E-state index in [1.165, 1.54) is 47.0 Å². The monoisotopic (exact) mass is 495 g/mol. The lowest BCUT2D eigenvalue weighted by atomic mass is 10.1. The first-order chi connectivity index (χ1) is 17.4. The Bertz CT molecular complexity index is 1340. The molecule has 36 heavy (non-hydrogen) atoms. The lowest BCUT2D eigenvalue weighted by Gasteiger charge is -2.23. The van der Waals surface area contributed by atoms with Gasteiger partial charge in [-0.05, 0) is 55.5 Å². The molecule has 4 rings (SSSR count). The molecule has 6 nitrogen and oxygen atoms in total. The molecule has 0 atom stereocenters. The molecule has 0 spiro atoms. The van der Waals surface area contributed by atoms with Crippen molar-refractivity contribution >= 4 is 5.91 Å². The Kier molecular flexibility index (Phi) is 7.70. The second kappa shape index (κ2) is 11.1. The van der Waals surface area contributed by atoms with Crippen LogP contribution in [-0.4, -0.2) is 40.8 Å². The van der Waals surface area contributed by atoms with E-state index < -0.39 is 17.5 Å². The second-order valence-electron chi connectivity index (χ2n) is 8.02. The van der Waals surface area contributed by atoms with E-state index >= 15 is 0 Å². The number of halogens is 3. The molecule has 0 unspecified atom stereocenters. The van der Waals surface area contributed by atoms with E-state index in [9.17, 15) is 18.0 Å². The van der Waals surface area contributed by atoms with Crippen molar-refractivity contribution in [1.82, 2.24) is 14.7 Å². The van der Waals surface area contributed by atoms with Gasteiger partial charge in [0.25, 0.3) is 5.91 Å². The fourth-order valence-electron chi connectivity index (χ4n) is 3.65. The van der Waals surface area contributed by atoms with E-state index in [0.29, 0.717) is 22.5 Å². The van der Waals surface area contributed by atoms with Crippen LogP contribution in [0.25, 0.3) is 5.69 Å². The lowest BCUT2D eigenvalue weighted by molar-refractivity contribution is 0.0679. The molecule has 0 aliphatic rings. The predicted octanol–water partition coefficient (Wildman–Crippen LogP) is 5.68. The van der Waals surface area contributed by atoms with Crippen molar-refractivity contribution in [3.63, 3.8) is 0 Å². The number of rotatable bonds is 9. The topological polar surface area (TPSA) is 56.6 Å². The fraction of sp³-hybridized carbons (Fsp3) is 0.185. The molecule has 4 aromatic rings. The van der Waals surface area contributed by atoms with Gasteiger partial charge in [0.15, 0.2) is 11.6 Å². The predicted molar refractivity (Wildman–Crippen MR) is 128 cm³/mol. The molecule has 0 aliphatic heterocycles. The van der Waals surface area contributed by atoms with E-state index in [2.05, 4.69) is 5.10 Å². The van der Waals surface area contributed by atoms with Gasteiger partial charge in [-0.25, -0.2) is 17.9 Å². The summed E-state index contributed by atoms with van der Waals surface area (Å²) in [6.45, 7) is 2.28. The summed E-state index contributed by atoms with van der Waals surface area (Å²) in [5.41, 5.74) is 2.02. The van der Waals surface area contributed by atoms with Crippen molar-refractivity contribution in [2.45, 2.75) is 13.5 Å². The van der Waals surface area contributed by atoms with E-state index in [0.717, 1.165) is 12.1 Å². The van der Waals surface area contributed by atoms with E-state index in [4.69, 9.17) is 9.47 Å². The highest BCUT2D eigenvalue weighted by atomic mass is 19.1. The molecular weight excluding hydrogens is 471 g/mol. The molecule has 186 valence electrons. The van der Waals surface area contributed by atoms with Gasteiger partial charge in [-0.1, -0.05) is 18.2 Å². The van der Waals surface area contributed by atoms with Crippen molar-refractivity contribution < 1.29 is 27.4 Å². The second-order valence-corrected chi connectivity index (χ2v) is 8.02. The first kappa shape index (κ1) is 25.0. The third kappa shape index (κ3) is 5.58. The summed E-state index contributed by atoms with van der Waals surface area (Å²) in [6.07, 6.45) is 0. The van der Waals surface area contributed by atoms with E-state index in [1.807, 2.05) is 18.2 Å². The van der Waals surface area contributed by atoms with Crippen molar-refractivity contribution in [2.75, 3.05) is 20.3 Å². The average molecular weight is 496 g/mol. The first-order valence-corrected chi connectivity index (χ1v) is 11.2. The molecule has 0 radical (unpaired) electrons. The van der Waals surface area contributed by atoms with Crippen LogP contribution in [0.2, 0.25) is 0 Å². The maximum Gasteiger partial charge on any atom is 0.254 e. The highest BCUT2D eigenvalue weighted by molar-refractivity contribution is 5.94. The van der Waals surface area contributed by atoms with Crippen molar-refractivity contribution in [3.8, 4) is 17.3 Å². The molecule has 0 fully saturated rings. The quantitative estimate of drug-likeness (QED) is 0.300. The minimum atomic E-state index is -0.877. The zero-order valence-corrected chi connectivity index (χ0v) is 19.7. The fourth-order valence-corrected chi connectivity index (χ4v) is 3.65. The maximum absolute atomic E-state index is 14.5. The number of ether oxygens (including phenoxy) is 2. The highest BCUT2D eigenvalue weighted by Gasteiger charge is 2.25. The highest BCUT2D eigenvalue weighted by Crippen LogP contribution is 2.33. The average Bonchev–Trinajstić information content (AvgIpc) is 3.18. The van der Waals surface area contributed by atoms with Crippen LogP contribution in [0.15, 0.2) is 72.8 Å². The molecule has 9 heteroatoms. The van der Waals surface area contributed by atoms with Gasteiger partial charge in [-0.3, -0.25) is 4.79 Å². The van der Waals surface area contributed by atoms with Crippen LogP contribution in [0.4, 0.5) is 13.2 Å². The van der Waals surface area contributed by atoms with Gasteiger partial charge in [-0.15, -0.1) is 0 Å². The summed E-state index contributed by atoms with van der Waals surface area (Å²) in [6, 6.07) is 17.3. The minimum absolute atomic E-state index is 0.0520. The molecule has 0 saturated carbocycles. The van der Waals surface area contributed by atoms with Crippen molar-refractivity contribution in [2.24, 2.45) is 0 Å². The number of carbonyl (C=O) groups excluding carboxylic acids is 1. The molecule has 1 heterocycles. The van der Waals surface area contributed by atoms with Gasteiger partial charge in [0.1, 0.15) is 11.6 Å². The van der Waals surface area contributed by atoms with Crippen LogP contribution in [-0.2, 0) is 11.3 Å². The number of nitrogens with zero attached hydrogens (tertiary/aromatic N) is 3. The number of para-hydroxylation sites is 1. The number of hydrogen-bond acceptors (Lipinski definition) is 4. The Labute approximate surface area is 206 Å². The van der Waals surface area contributed by atoms with Crippen LogP contribution < -0.4 is 4.74 Å². The van der Waals surface area contributed by atoms with Crippen molar-refractivity contribution in [1.29, 1.82) is 0 Å². The zero-order chi connectivity index (χ0) is 25.7. The van der Waals surface area contributed by atoms with Crippen molar-refractivity contribution in [3.05, 3.63) is 107 Å². The smallest absolute Gasteiger partial charge is 0.254 e. The summed E-state index contributed by atoms with van der Waals surface area (Å²) in [7, 11) is 1.52. The molecule has 0 aliphatic carbocycles. The van der Waals surface area contributed by atoms with Crippen LogP contribution in [0, 0.1) is 24.4 Å². The maximum atomic E-state index is 14.5. The molecule has 0 saturated heterocycles. The Morgan fingerprint density at radius 1 is 0.972 bits per heavy atom. The number of methoxy groups -OCH3 is 1. The van der Waals surface area contributed by atoms with Gasteiger partial charge in [0.05, 0.1) is 30.1 Å². The Morgan fingerprint density at radius 2 is 1.67 bits per heavy atom. The summed E-state index contributed by atoms with van der Waals surface area (Å²) in [5.74, 6) is -2.42. The van der Waals surface area contributed by atoms with Gasteiger partial charge in [0.2, 0.25) is 5.88 Å². The Morgan fingerprint density at radius 3 is 2.33 bits per heavy atom. The summed E-state index contributed by atoms with van der Waals surface area (Å²) >= 11 is 0. The number of aromatic nitrogens is 2. The van der Waals surface area contributed by atoms with Crippen LogP contribution in [0.3, 0.4) is 0 Å². The van der Waals surface area contributed by atoms with Gasteiger partial charge >= 0.3 is 0 Å². The number of aryl methyl sites for hydroxylation is 1. The SMILES string of the molecule is COCCN(Cc1c(C)nn(-c2ccccc2)c1Oc1ccc(F)cc1F)C(=O)c1ccc(F)cc1. The van der Waals surface area contributed by atoms with Gasteiger partial charge in [0, 0.05) is 25.3 Å². The zero-order valence-electron chi connectivity index (χ0n) is 19.7. The molecular formula is C27H24F3N3O3. The largest absolute Gasteiger partial charge is 0.435 e. The number of benzene rings is 3. The molecule has 1 amide bonds. The number of hydrogen-bond donors (Lipinski definition) is 0. The van der Waals surface area contributed by atoms with Crippen LogP contribution >= 0.6 is 0 Å². The van der Waals surface area contributed by atoms with Gasteiger partial charge < -0.3 is 14.4 Å². The molecule has 1 aromatic heterocycles. The van der Waals surface area contributed by atoms with Crippen LogP contribution in [0.1, 0.15) is 21.6 Å². The lowest BCUT2D eigenvalue weighted by Crippen LogP contribution is -2.33. The standard InChI is InChI=1S/C27H24F3N3O3/c1-18-23(17-32(14-15-35-2)26(34)19-8-10-20(28)11-9-19)27(33(31-18)22-6-4-3-5-7-22)36-25-13-12-21(29)16-24(25)30/h3-13,16H,14-15,17H2,1-2H3. The number of amides is 1. The van der Waals surface area contributed by atoms with E-state index in [-0.39, 0.29) is 37.2 Å². The molecule has 3 aromatic carbocycles. The van der Waals surface area contributed by atoms with Gasteiger partial charge in [-0.2, -0.15) is 5.10 Å². The molecule has 0 N–H and O–H groups in total. The molecule has 0 bridgehead atoms. The Hall–Kier alpha value is -4.11. The normalized spacial score (nSPS) is 10.9. The third-order valence-electron chi connectivity index (χ3n) is 5.53.